The van der Waals surface area contributed by atoms with Gasteiger partial charge in [-0.3, -0.25) is 9.97 Å². The maximum atomic E-state index is 4.79. The molecule has 0 aliphatic carbocycles. The average Bonchev–Trinajstić information content (AvgIpc) is 2.37. The predicted molar refractivity (Wildman–Crippen MR) is 88.7 cm³/mol. The third kappa shape index (κ3) is 4.13. The largest absolute Gasteiger partial charge is 0.257 e. The quantitative estimate of drug-likeness (QED) is 0.800. The van der Waals surface area contributed by atoms with Gasteiger partial charge in [-0.25, -0.2) is 0 Å². The molecule has 0 radical (unpaired) electrons. The van der Waals surface area contributed by atoms with Crippen LogP contribution in [0.3, 0.4) is 0 Å². The molecule has 21 heavy (non-hydrogen) atoms. The molecule has 2 heteroatoms. The lowest BCUT2D eigenvalue weighted by atomic mass is 9.91. The van der Waals surface area contributed by atoms with Crippen molar-refractivity contribution in [3.8, 4) is 0 Å². The van der Waals surface area contributed by atoms with Gasteiger partial charge in [0.2, 0.25) is 0 Å². The highest BCUT2D eigenvalue weighted by molar-refractivity contribution is 5.23. The van der Waals surface area contributed by atoms with Crippen LogP contribution in [0.25, 0.3) is 0 Å². The van der Waals surface area contributed by atoms with E-state index in [2.05, 4.69) is 77.9 Å². The van der Waals surface area contributed by atoms with Crippen LogP contribution in [0.15, 0.2) is 36.4 Å². The maximum Gasteiger partial charge on any atom is 0.0466 e. The summed E-state index contributed by atoms with van der Waals surface area (Å²) in [5.41, 5.74) is 4.59. The van der Waals surface area contributed by atoms with Crippen LogP contribution in [0.1, 0.15) is 64.3 Å². The molecule has 0 amide bonds. The fourth-order valence-corrected chi connectivity index (χ4v) is 2.18. The zero-order valence-corrected chi connectivity index (χ0v) is 14.1. The summed E-state index contributed by atoms with van der Waals surface area (Å²) in [6.07, 6.45) is 0.786. The van der Waals surface area contributed by atoms with Crippen molar-refractivity contribution in [2.45, 2.75) is 58.8 Å². The third-order valence-corrected chi connectivity index (χ3v) is 3.51. The van der Waals surface area contributed by atoms with Gasteiger partial charge in [-0.2, -0.15) is 0 Å². The molecular weight excluding hydrogens is 256 g/mol. The number of pyridine rings is 2. The molecule has 112 valence electrons. The van der Waals surface area contributed by atoms with Crippen molar-refractivity contribution in [3.63, 3.8) is 0 Å². The molecule has 0 aromatic carbocycles. The molecular formula is C19H26N2. The van der Waals surface area contributed by atoms with E-state index in [1.165, 1.54) is 0 Å². The van der Waals surface area contributed by atoms with E-state index >= 15 is 0 Å². The minimum Gasteiger partial charge on any atom is -0.257 e. The molecule has 2 aromatic heterocycles. The second-order valence-electron chi connectivity index (χ2n) is 7.71. The standard InChI is InChI=1S/C19H26N2/c1-18(2,3)16-11-7-9-14(20-16)13-15-10-8-12-17(21-15)19(4,5)6/h7-12H,13H2,1-6H3. The highest BCUT2D eigenvalue weighted by atomic mass is 14.8. The summed E-state index contributed by atoms with van der Waals surface area (Å²) in [7, 11) is 0. The van der Waals surface area contributed by atoms with Gasteiger partial charge in [0.1, 0.15) is 0 Å². The minimum absolute atomic E-state index is 0.0801. The first-order valence-corrected chi connectivity index (χ1v) is 7.59. The second kappa shape index (κ2) is 5.59. The molecule has 2 rings (SSSR count). The predicted octanol–water partition coefficient (Wildman–Crippen LogP) is 4.66. The smallest absolute Gasteiger partial charge is 0.0466 e. The molecule has 2 heterocycles. The zero-order chi connectivity index (χ0) is 15.7. The highest BCUT2D eigenvalue weighted by Crippen LogP contribution is 2.22. The fourth-order valence-electron chi connectivity index (χ4n) is 2.18. The topological polar surface area (TPSA) is 25.8 Å². The first kappa shape index (κ1) is 15.7. The van der Waals surface area contributed by atoms with E-state index in [1.807, 2.05) is 0 Å². The van der Waals surface area contributed by atoms with Gasteiger partial charge in [0, 0.05) is 40.0 Å². The van der Waals surface area contributed by atoms with Crippen LogP contribution < -0.4 is 0 Å². The molecule has 2 nitrogen and oxygen atoms in total. The molecule has 0 unspecified atom stereocenters. The Labute approximate surface area is 128 Å². The van der Waals surface area contributed by atoms with Crippen LogP contribution in [0.2, 0.25) is 0 Å². The van der Waals surface area contributed by atoms with Crippen molar-refractivity contribution in [2.24, 2.45) is 0 Å². The Hall–Kier alpha value is -1.70. The average molecular weight is 282 g/mol. The Morgan fingerprint density at radius 2 is 1.05 bits per heavy atom. The monoisotopic (exact) mass is 282 g/mol. The molecule has 0 aliphatic rings. The van der Waals surface area contributed by atoms with Crippen LogP contribution in [0, 0.1) is 0 Å². The van der Waals surface area contributed by atoms with Crippen molar-refractivity contribution in [1.82, 2.24) is 9.97 Å². The lowest BCUT2D eigenvalue weighted by Crippen LogP contribution is -2.15. The third-order valence-electron chi connectivity index (χ3n) is 3.51. The molecule has 0 atom stereocenters. The number of nitrogens with zero attached hydrogens (tertiary/aromatic N) is 2. The maximum absolute atomic E-state index is 4.79. The van der Waals surface area contributed by atoms with E-state index < -0.39 is 0 Å². The van der Waals surface area contributed by atoms with Crippen molar-refractivity contribution < 1.29 is 0 Å². The number of hydrogen-bond acceptors (Lipinski definition) is 2. The Balaban J connectivity index is 2.27. The SMILES string of the molecule is CC(C)(C)c1cccc(Cc2cccc(C(C)(C)C)n2)n1. The fraction of sp³-hybridized carbons (Fsp3) is 0.474. The Morgan fingerprint density at radius 1 is 0.667 bits per heavy atom. The first-order valence-electron chi connectivity index (χ1n) is 7.59. The van der Waals surface area contributed by atoms with Crippen LogP contribution in [-0.2, 0) is 17.3 Å². The summed E-state index contributed by atoms with van der Waals surface area (Å²) < 4.78 is 0. The van der Waals surface area contributed by atoms with E-state index in [9.17, 15) is 0 Å². The van der Waals surface area contributed by atoms with Gasteiger partial charge in [0.05, 0.1) is 0 Å². The second-order valence-corrected chi connectivity index (χ2v) is 7.71. The lowest BCUT2D eigenvalue weighted by molar-refractivity contribution is 0.563. The number of hydrogen-bond donors (Lipinski definition) is 0. The van der Waals surface area contributed by atoms with Crippen molar-refractivity contribution in [3.05, 3.63) is 59.2 Å². The molecule has 0 bridgehead atoms. The summed E-state index contributed by atoms with van der Waals surface area (Å²) in [4.78, 5) is 9.58. The highest BCUT2D eigenvalue weighted by Gasteiger charge is 2.17. The normalized spacial score (nSPS) is 12.5. The van der Waals surface area contributed by atoms with E-state index in [1.54, 1.807) is 0 Å². The van der Waals surface area contributed by atoms with Gasteiger partial charge in [0.25, 0.3) is 0 Å². The van der Waals surface area contributed by atoms with Crippen LogP contribution in [0.5, 0.6) is 0 Å². The summed E-state index contributed by atoms with van der Waals surface area (Å²) in [5, 5.41) is 0. The summed E-state index contributed by atoms with van der Waals surface area (Å²) in [6.45, 7) is 13.2. The van der Waals surface area contributed by atoms with Gasteiger partial charge in [0.15, 0.2) is 0 Å². The molecule has 0 saturated carbocycles. The van der Waals surface area contributed by atoms with E-state index in [4.69, 9.17) is 9.97 Å². The number of rotatable bonds is 2. The molecule has 0 fully saturated rings. The van der Waals surface area contributed by atoms with E-state index in [0.29, 0.717) is 0 Å². The van der Waals surface area contributed by atoms with Crippen molar-refractivity contribution in [1.29, 1.82) is 0 Å². The van der Waals surface area contributed by atoms with Crippen LogP contribution in [-0.4, -0.2) is 9.97 Å². The Bertz CT molecular complexity index is 560. The van der Waals surface area contributed by atoms with Gasteiger partial charge in [-0.05, 0) is 24.3 Å². The van der Waals surface area contributed by atoms with Crippen LogP contribution in [0.4, 0.5) is 0 Å². The molecule has 0 saturated heterocycles. The molecule has 0 spiro atoms. The summed E-state index contributed by atoms with van der Waals surface area (Å²) >= 11 is 0. The van der Waals surface area contributed by atoms with Crippen molar-refractivity contribution in [2.75, 3.05) is 0 Å². The summed E-state index contributed by atoms with van der Waals surface area (Å²) in [6, 6.07) is 12.6. The summed E-state index contributed by atoms with van der Waals surface area (Å²) in [5.74, 6) is 0. The number of aromatic nitrogens is 2. The zero-order valence-electron chi connectivity index (χ0n) is 14.1. The Morgan fingerprint density at radius 3 is 1.38 bits per heavy atom. The van der Waals surface area contributed by atoms with Gasteiger partial charge < -0.3 is 0 Å². The van der Waals surface area contributed by atoms with Gasteiger partial charge in [-0.15, -0.1) is 0 Å². The van der Waals surface area contributed by atoms with E-state index in [0.717, 1.165) is 29.2 Å². The Kier molecular flexibility index (Phi) is 4.18. The van der Waals surface area contributed by atoms with Crippen molar-refractivity contribution >= 4 is 0 Å². The minimum atomic E-state index is 0.0801. The molecule has 0 N–H and O–H groups in total. The van der Waals surface area contributed by atoms with E-state index in [-0.39, 0.29) is 10.8 Å². The van der Waals surface area contributed by atoms with Crippen LogP contribution >= 0.6 is 0 Å². The molecule has 0 aliphatic heterocycles. The lowest BCUT2D eigenvalue weighted by Gasteiger charge is -2.19. The van der Waals surface area contributed by atoms with Gasteiger partial charge >= 0.3 is 0 Å². The first-order chi connectivity index (χ1) is 9.66. The van der Waals surface area contributed by atoms with Gasteiger partial charge in [-0.1, -0.05) is 53.7 Å². The molecule has 2 aromatic rings.